The van der Waals surface area contributed by atoms with Crippen molar-refractivity contribution in [2.45, 2.75) is 171 Å². The number of nitrogens with zero attached hydrogens (tertiary/aromatic N) is 1. The number of carbonyl (C=O) groups is 12. The first kappa shape index (κ1) is 59.9. The molecule has 0 bridgehead atoms. The van der Waals surface area contributed by atoms with Crippen LogP contribution in [0.5, 0.6) is 5.75 Å². The normalized spacial score (nSPS) is 24.2. The quantitative estimate of drug-likeness (QED) is 0.0525. The molecular weight excluding hydrogens is 957 g/mol. The Hall–Kier alpha value is -7.38. The highest BCUT2D eigenvalue weighted by atomic mass is 16.3. The highest BCUT2D eigenvalue weighted by molar-refractivity contribution is 6.00. The Morgan fingerprint density at radius 2 is 1.03 bits per heavy atom. The molecule has 0 radical (unpaired) electrons. The fourth-order valence-corrected chi connectivity index (χ4v) is 8.44. The van der Waals surface area contributed by atoms with Crippen molar-refractivity contribution in [3.05, 3.63) is 29.8 Å². The van der Waals surface area contributed by atoms with Gasteiger partial charge < -0.3 is 75.3 Å². The van der Waals surface area contributed by atoms with E-state index in [0.717, 1.165) is 43.4 Å². The topological polar surface area (TPSA) is 437 Å². The molecule has 2 heterocycles. The number of nitrogens with one attached hydrogen (secondary N) is 7. The number of hydrogen-bond donors (Lipinski definition) is 13. The molecule has 3 rings (SSSR count). The minimum atomic E-state index is -1.86. The van der Waals surface area contributed by atoms with Crippen LogP contribution in [0.15, 0.2) is 24.3 Å². The molecule has 0 saturated carbocycles. The van der Waals surface area contributed by atoms with Gasteiger partial charge in [0.05, 0.1) is 25.9 Å². The SMILES string of the molecule is CCCCCCCCCCC1CC(=O)N[C@@H](CC(N)=O)C(=O)N[C@H](Cc2ccc(O)cc2)C(=O)N[C@H](CC(N)=O)C(=O)N[C@@H](CCC(N)=O)C(=O)N2CCC[C@H]2C(=O)N[C@H](CC(N)=O)C(=O)N[C@@H](CO)C(=O)N1. The van der Waals surface area contributed by atoms with Crippen LogP contribution in [-0.4, -0.2) is 147 Å². The highest BCUT2D eigenvalue weighted by Crippen LogP contribution is 2.21. The average Bonchev–Trinajstić information content (AvgIpc) is 3.82. The highest BCUT2D eigenvalue weighted by Gasteiger charge is 2.41. The van der Waals surface area contributed by atoms with E-state index in [2.05, 4.69) is 44.1 Å². The summed E-state index contributed by atoms with van der Waals surface area (Å²) in [5.74, 6) is -12.6. The number of aliphatic hydroxyl groups excluding tert-OH is 1. The molecule has 2 aliphatic heterocycles. The monoisotopic (exact) mass is 1030 g/mol. The van der Waals surface area contributed by atoms with Gasteiger partial charge in [-0.15, -0.1) is 0 Å². The molecule has 0 spiro atoms. The van der Waals surface area contributed by atoms with Crippen LogP contribution >= 0.6 is 0 Å². The third-order valence-corrected chi connectivity index (χ3v) is 12.3. The van der Waals surface area contributed by atoms with Gasteiger partial charge in [-0.05, 0) is 43.4 Å². The number of phenols is 1. The molecule has 26 nitrogen and oxygen atoms in total. The Balaban J connectivity index is 2.14. The van der Waals surface area contributed by atoms with Gasteiger partial charge in [0.15, 0.2) is 0 Å². The maximum absolute atomic E-state index is 14.3. The fraction of sp³-hybridized carbons (Fsp3) is 0.617. The lowest BCUT2D eigenvalue weighted by atomic mass is 10.0. The third kappa shape index (κ3) is 21.1. The van der Waals surface area contributed by atoms with Gasteiger partial charge in [0.2, 0.25) is 70.9 Å². The first-order valence-electron chi connectivity index (χ1n) is 24.6. The minimum absolute atomic E-state index is 0.00323. The van der Waals surface area contributed by atoms with Gasteiger partial charge in [0.1, 0.15) is 48.0 Å². The summed E-state index contributed by atoms with van der Waals surface area (Å²) in [7, 11) is 0. The van der Waals surface area contributed by atoms with Gasteiger partial charge in [-0.1, -0.05) is 70.4 Å². The molecule has 8 atom stereocenters. The predicted molar refractivity (Wildman–Crippen MR) is 259 cm³/mol. The summed E-state index contributed by atoms with van der Waals surface area (Å²) in [6, 6.07) is -7.35. The number of carbonyl (C=O) groups excluding carboxylic acids is 12. The number of hydrogen-bond acceptors (Lipinski definition) is 14. The van der Waals surface area contributed by atoms with Gasteiger partial charge in [-0.3, -0.25) is 57.5 Å². The van der Waals surface area contributed by atoms with Crippen molar-refractivity contribution < 1.29 is 67.7 Å². The molecule has 26 heteroatoms. The average molecular weight is 1030 g/mol. The molecule has 73 heavy (non-hydrogen) atoms. The van der Waals surface area contributed by atoms with Crippen LogP contribution in [0.1, 0.15) is 122 Å². The number of fused-ring (bicyclic) bond motifs is 1. The van der Waals surface area contributed by atoms with Crippen LogP contribution in [-0.2, 0) is 64.0 Å². The van der Waals surface area contributed by atoms with E-state index in [1.54, 1.807) is 0 Å². The van der Waals surface area contributed by atoms with Crippen molar-refractivity contribution in [1.29, 1.82) is 0 Å². The first-order valence-corrected chi connectivity index (χ1v) is 24.6. The van der Waals surface area contributed by atoms with Gasteiger partial charge in [0, 0.05) is 31.8 Å². The van der Waals surface area contributed by atoms with Crippen LogP contribution in [0, 0.1) is 0 Å². The van der Waals surface area contributed by atoms with Crippen molar-refractivity contribution in [1.82, 2.24) is 42.1 Å². The number of aliphatic hydroxyl groups is 1. The molecule has 2 saturated heterocycles. The Kier molecular flexibility index (Phi) is 25.0. The Labute approximate surface area is 422 Å². The number of rotatable bonds is 21. The lowest BCUT2D eigenvalue weighted by molar-refractivity contribution is -0.143. The first-order chi connectivity index (χ1) is 34.6. The number of aromatic hydroxyl groups is 1. The Morgan fingerprint density at radius 3 is 1.56 bits per heavy atom. The number of benzene rings is 1. The molecule has 1 aromatic rings. The summed E-state index contributed by atoms with van der Waals surface area (Å²) in [6.45, 7) is 1.01. The summed E-state index contributed by atoms with van der Waals surface area (Å²) in [6.07, 6.45) is 3.35. The summed E-state index contributed by atoms with van der Waals surface area (Å²) < 4.78 is 0. The van der Waals surface area contributed by atoms with Crippen molar-refractivity contribution in [2.75, 3.05) is 13.2 Å². The predicted octanol–water partition coefficient (Wildman–Crippen LogP) is -3.86. The van der Waals surface area contributed by atoms with Crippen LogP contribution in [0.25, 0.3) is 0 Å². The van der Waals surface area contributed by atoms with E-state index in [0.29, 0.717) is 18.4 Å². The number of nitrogens with two attached hydrogens (primary N) is 4. The van der Waals surface area contributed by atoms with E-state index in [1.165, 1.54) is 24.3 Å². The summed E-state index contributed by atoms with van der Waals surface area (Å²) in [4.78, 5) is 162. The van der Waals surface area contributed by atoms with Crippen LogP contribution in [0.2, 0.25) is 0 Å². The standard InChI is InChI=1S/C47H72N12O14/c1-2-3-4-5-6-7-8-9-11-27-21-40(66)53-31(22-37(49)63)42(68)55-30(20-26-13-15-28(61)16-14-26)41(67)56-32(23-38(50)64)43(69)54-29(17-18-36(48)62)47(73)59-19-10-12-35(59)46(72)57-33(24-39(51)65)44(70)58-34(25-60)45(71)52-27/h13-16,27,29-35,60-61H,2-12,17-25H2,1H3,(H2,48,62)(H2,49,63)(H2,50,64)(H2,51,65)(H,52,71)(H,53,66)(H,54,69)(H,55,68)(H,56,67)(H,57,72)(H,58,70)/t27?,29-,30+,31-,32+,33+,34-,35-/m0/s1. The second-order valence-corrected chi connectivity index (χ2v) is 18.4. The molecule has 17 N–H and O–H groups in total. The molecule has 1 unspecified atom stereocenters. The Bertz CT molecular complexity index is 2140. The molecular formula is C47H72N12O14. The van der Waals surface area contributed by atoms with Gasteiger partial charge in [-0.2, -0.15) is 0 Å². The van der Waals surface area contributed by atoms with E-state index >= 15 is 0 Å². The molecule has 12 amide bonds. The summed E-state index contributed by atoms with van der Waals surface area (Å²) in [5, 5.41) is 37.2. The van der Waals surface area contributed by atoms with Crippen LogP contribution in [0.4, 0.5) is 0 Å². The van der Waals surface area contributed by atoms with Crippen molar-refractivity contribution in [3.8, 4) is 5.75 Å². The lowest BCUT2D eigenvalue weighted by Crippen LogP contribution is -2.60. The van der Waals surface area contributed by atoms with Crippen molar-refractivity contribution in [2.24, 2.45) is 22.9 Å². The van der Waals surface area contributed by atoms with E-state index in [9.17, 15) is 67.7 Å². The maximum Gasteiger partial charge on any atom is 0.245 e. The molecule has 404 valence electrons. The van der Waals surface area contributed by atoms with E-state index in [-0.39, 0.29) is 38.0 Å². The number of amides is 12. The number of primary amides is 4. The van der Waals surface area contributed by atoms with Crippen LogP contribution < -0.4 is 60.2 Å². The summed E-state index contributed by atoms with van der Waals surface area (Å²) in [5.41, 5.74) is 22.1. The summed E-state index contributed by atoms with van der Waals surface area (Å²) >= 11 is 0. The zero-order chi connectivity index (χ0) is 54.2. The minimum Gasteiger partial charge on any atom is -0.508 e. The zero-order valence-electron chi connectivity index (χ0n) is 41.1. The molecule has 2 aliphatic rings. The molecule has 1 aromatic carbocycles. The van der Waals surface area contributed by atoms with Crippen molar-refractivity contribution >= 4 is 70.9 Å². The maximum atomic E-state index is 14.3. The zero-order valence-corrected chi connectivity index (χ0v) is 41.1. The van der Waals surface area contributed by atoms with E-state index in [4.69, 9.17) is 22.9 Å². The second kappa shape index (κ2) is 30.5. The Morgan fingerprint density at radius 1 is 0.562 bits per heavy atom. The largest absolute Gasteiger partial charge is 0.508 e. The molecule has 0 aliphatic carbocycles. The van der Waals surface area contributed by atoms with E-state index in [1.807, 2.05) is 0 Å². The molecule has 0 aromatic heterocycles. The number of phenolic OH excluding ortho intramolecular Hbond substituents is 1. The van der Waals surface area contributed by atoms with Crippen molar-refractivity contribution in [3.63, 3.8) is 0 Å². The van der Waals surface area contributed by atoms with Gasteiger partial charge in [-0.25, -0.2) is 0 Å². The van der Waals surface area contributed by atoms with Gasteiger partial charge >= 0.3 is 0 Å². The fourth-order valence-electron chi connectivity index (χ4n) is 8.44. The molecule has 2 fully saturated rings. The van der Waals surface area contributed by atoms with Gasteiger partial charge in [0.25, 0.3) is 0 Å². The lowest BCUT2D eigenvalue weighted by Gasteiger charge is -2.31. The second-order valence-electron chi connectivity index (χ2n) is 18.4. The third-order valence-electron chi connectivity index (χ3n) is 12.3. The number of unbranched alkanes of at least 4 members (excludes halogenated alkanes) is 7. The van der Waals surface area contributed by atoms with E-state index < -0.39 is 164 Å². The van der Waals surface area contributed by atoms with Crippen LogP contribution in [0.3, 0.4) is 0 Å². The smallest absolute Gasteiger partial charge is 0.245 e.